The largest absolute Gasteiger partial charge is 0.368 e. The van der Waals surface area contributed by atoms with Crippen molar-refractivity contribution in [2.75, 3.05) is 6.54 Å². The van der Waals surface area contributed by atoms with Crippen LogP contribution in [0.15, 0.2) is 0 Å². The first kappa shape index (κ1) is 14.5. The van der Waals surface area contributed by atoms with Gasteiger partial charge in [-0.3, -0.25) is 14.8 Å². The number of carbonyl (C=O) groups excluding carboxylic acids is 1. The van der Waals surface area contributed by atoms with Crippen molar-refractivity contribution in [2.24, 2.45) is 17.6 Å². The van der Waals surface area contributed by atoms with E-state index in [1.807, 2.05) is 0 Å². The second-order valence-electron chi connectivity index (χ2n) is 7.49. The molecule has 6 heteroatoms. The smallest absolute Gasteiger partial charge is 0.235 e. The number of aromatic amines is 1. The van der Waals surface area contributed by atoms with Crippen LogP contribution in [0.4, 0.5) is 0 Å². The van der Waals surface area contributed by atoms with Gasteiger partial charge in [-0.1, -0.05) is 27.2 Å². The first-order valence-corrected chi connectivity index (χ1v) is 7.81. The minimum atomic E-state index is -0.194. The number of amides is 1. The summed E-state index contributed by atoms with van der Waals surface area (Å²) in [4.78, 5) is 18.6. The van der Waals surface area contributed by atoms with Crippen LogP contribution in [0.5, 0.6) is 0 Å². The quantitative estimate of drug-likeness (QED) is 0.875. The molecule has 1 aromatic rings. The van der Waals surface area contributed by atoms with Gasteiger partial charge in [-0.25, -0.2) is 4.98 Å². The Hall–Kier alpha value is -1.43. The summed E-state index contributed by atoms with van der Waals surface area (Å²) in [5.41, 5.74) is 5.58. The molecule has 2 heterocycles. The van der Waals surface area contributed by atoms with Gasteiger partial charge >= 0.3 is 0 Å². The van der Waals surface area contributed by atoms with Gasteiger partial charge in [0.25, 0.3) is 0 Å². The van der Waals surface area contributed by atoms with Gasteiger partial charge in [-0.15, -0.1) is 0 Å². The number of carbonyl (C=O) groups is 1. The molecule has 0 aromatic carbocycles. The molecular weight excluding hydrogens is 266 g/mol. The lowest BCUT2D eigenvalue weighted by molar-refractivity contribution is -0.123. The maximum Gasteiger partial charge on any atom is 0.235 e. The number of nitrogens with one attached hydrogen (secondary N) is 1. The number of nitrogens with two attached hydrogens (primary N) is 1. The number of H-pyrrole nitrogens is 1. The van der Waals surface area contributed by atoms with Gasteiger partial charge in [-0.05, 0) is 24.7 Å². The minimum Gasteiger partial charge on any atom is -0.368 e. The summed E-state index contributed by atoms with van der Waals surface area (Å²) in [5, 5.41) is 7.30. The van der Waals surface area contributed by atoms with Gasteiger partial charge in [-0.2, -0.15) is 5.10 Å². The molecule has 1 aromatic heterocycles. The number of rotatable bonds is 3. The molecule has 6 nitrogen and oxygen atoms in total. The van der Waals surface area contributed by atoms with E-state index in [9.17, 15) is 4.79 Å². The van der Waals surface area contributed by atoms with E-state index in [0.717, 1.165) is 24.6 Å². The van der Waals surface area contributed by atoms with Crippen LogP contribution in [-0.4, -0.2) is 38.6 Å². The summed E-state index contributed by atoms with van der Waals surface area (Å²) >= 11 is 0. The highest BCUT2D eigenvalue weighted by Crippen LogP contribution is 2.42. The van der Waals surface area contributed by atoms with E-state index in [0.29, 0.717) is 18.4 Å². The third-order valence-electron chi connectivity index (χ3n) is 4.83. The third kappa shape index (κ3) is 2.69. The van der Waals surface area contributed by atoms with Crippen molar-refractivity contribution in [3.8, 4) is 0 Å². The number of likely N-dealkylation sites (tertiary alicyclic amines) is 1. The highest BCUT2D eigenvalue weighted by Gasteiger charge is 2.46. The van der Waals surface area contributed by atoms with Gasteiger partial charge in [0.05, 0.1) is 12.6 Å². The minimum absolute atomic E-state index is 0.0701. The summed E-state index contributed by atoms with van der Waals surface area (Å²) in [6, 6.07) is -0.138. The van der Waals surface area contributed by atoms with Crippen LogP contribution in [0.25, 0.3) is 0 Å². The Labute approximate surface area is 125 Å². The van der Waals surface area contributed by atoms with Crippen LogP contribution in [-0.2, 0) is 16.8 Å². The molecule has 0 radical (unpaired) electrons. The molecule has 1 amide bonds. The Kier molecular flexibility index (Phi) is 3.51. The average molecular weight is 291 g/mol. The van der Waals surface area contributed by atoms with E-state index >= 15 is 0 Å². The van der Waals surface area contributed by atoms with Crippen molar-refractivity contribution in [2.45, 2.75) is 58.0 Å². The van der Waals surface area contributed by atoms with Gasteiger partial charge in [0.1, 0.15) is 5.82 Å². The highest BCUT2D eigenvalue weighted by molar-refractivity contribution is 5.80. The maximum atomic E-state index is 11.8. The molecule has 2 fully saturated rings. The zero-order valence-corrected chi connectivity index (χ0v) is 13.1. The predicted molar refractivity (Wildman–Crippen MR) is 79.3 cm³/mol. The second kappa shape index (κ2) is 5.09. The van der Waals surface area contributed by atoms with Gasteiger partial charge in [0, 0.05) is 12.0 Å². The molecule has 0 spiro atoms. The predicted octanol–water partition coefficient (Wildman–Crippen LogP) is 1.19. The first-order chi connectivity index (χ1) is 9.86. The summed E-state index contributed by atoms with van der Waals surface area (Å²) in [7, 11) is 0. The van der Waals surface area contributed by atoms with Gasteiger partial charge < -0.3 is 5.73 Å². The number of nitrogens with zero attached hydrogens (tertiary/aromatic N) is 3. The Bertz CT molecular complexity index is 532. The monoisotopic (exact) mass is 291 g/mol. The number of hydrogen-bond donors (Lipinski definition) is 2. The summed E-state index contributed by atoms with van der Waals surface area (Å²) in [6.45, 7) is 7.85. The van der Waals surface area contributed by atoms with E-state index in [1.54, 1.807) is 0 Å². The molecule has 0 bridgehead atoms. The van der Waals surface area contributed by atoms with E-state index < -0.39 is 0 Å². The van der Waals surface area contributed by atoms with Crippen LogP contribution < -0.4 is 5.73 Å². The lowest BCUT2D eigenvalue weighted by Crippen LogP contribution is -2.43. The van der Waals surface area contributed by atoms with Crippen LogP contribution in [0, 0.1) is 11.8 Å². The molecule has 1 saturated carbocycles. The average Bonchev–Trinajstić information content (AvgIpc) is 3.01. The number of aromatic nitrogens is 3. The molecule has 1 aliphatic heterocycles. The van der Waals surface area contributed by atoms with Crippen LogP contribution in [0.3, 0.4) is 0 Å². The van der Waals surface area contributed by atoms with Crippen molar-refractivity contribution >= 4 is 5.91 Å². The molecule has 3 rings (SSSR count). The second-order valence-corrected chi connectivity index (χ2v) is 7.49. The van der Waals surface area contributed by atoms with Crippen molar-refractivity contribution in [3.05, 3.63) is 11.6 Å². The number of primary amides is 1. The first-order valence-electron chi connectivity index (χ1n) is 7.81. The molecule has 21 heavy (non-hydrogen) atoms. The van der Waals surface area contributed by atoms with Crippen molar-refractivity contribution in [1.29, 1.82) is 0 Å². The molecular formula is C15H25N5O. The van der Waals surface area contributed by atoms with Crippen molar-refractivity contribution in [1.82, 2.24) is 20.1 Å². The molecule has 1 aliphatic carbocycles. The topological polar surface area (TPSA) is 87.9 Å². The highest BCUT2D eigenvalue weighted by atomic mass is 16.1. The van der Waals surface area contributed by atoms with Crippen molar-refractivity contribution < 1.29 is 4.79 Å². The van der Waals surface area contributed by atoms with Crippen molar-refractivity contribution in [3.63, 3.8) is 0 Å². The Morgan fingerprint density at radius 2 is 2.19 bits per heavy atom. The van der Waals surface area contributed by atoms with E-state index in [4.69, 9.17) is 5.73 Å². The zero-order valence-electron chi connectivity index (χ0n) is 13.1. The molecule has 1 saturated heterocycles. The standard InChI is InChI=1S/C15H25N5O/c1-15(2,3)14-17-11(18-19-14)8-20-7-9-5-4-6-10(9)12(20)13(16)21/h9-10,12H,4-8H2,1-3H3,(H2,16,21)(H,17,18,19)/t9-,10-,12-/m0/s1. The summed E-state index contributed by atoms with van der Waals surface area (Å²) in [5.74, 6) is 2.50. The lowest BCUT2D eigenvalue weighted by Gasteiger charge is -2.23. The molecule has 116 valence electrons. The van der Waals surface area contributed by atoms with E-state index in [1.165, 1.54) is 12.8 Å². The van der Waals surface area contributed by atoms with Crippen LogP contribution in [0.2, 0.25) is 0 Å². The SMILES string of the molecule is CC(C)(C)c1n[nH]c(CN2C[C@@H]3CCC[C@@H]3[C@H]2C(N)=O)n1. The molecule has 3 N–H and O–H groups in total. The Balaban J connectivity index is 1.75. The fourth-order valence-corrected chi connectivity index (χ4v) is 3.84. The molecule has 0 unspecified atom stereocenters. The van der Waals surface area contributed by atoms with Gasteiger partial charge in [0.15, 0.2) is 5.82 Å². The van der Waals surface area contributed by atoms with E-state index in [2.05, 4.69) is 40.9 Å². The summed E-state index contributed by atoms with van der Waals surface area (Å²) < 4.78 is 0. The lowest BCUT2D eigenvalue weighted by atomic mass is 9.94. The fourth-order valence-electron chi connectivity index (χ4n) is 3.84. The van der Waals surface area contributed by atoms with Crippen LogP contribution >= 0.6 is 0 Å². The number of fused-ring (bicyclic) bond motifs is 1. The maximum absolute atomic E-state index is 11.8. The Morgan fingerprint density at radius 3 is 2.81 bits per heavy atom. The van der Waals surface area contributed by atoms with Gasteiger partial charge in [0.2, 0.25) is 5.91 Å². The molecule has 3 atom stereocenters. The fraction of sp³-hybridized carbons (Fsp3) is 0.800. The molecule has 2 aliphatic rings. The number of hydrogen-bond acceptors (Lipinski definition) is 4. The third-order valence-corrected chi connectivity index (χ3v) is 4.83. The normalized spacial score (nSPS) is 29.8. The zero-order chi connectivity index (χ0) is 15.2. The summed E-state index contributed by atoms with van der Waals surface area (Å²) in [6.07, 6.45) is 3.57. The van der Waals surface area contributed by atoms with E-state index in [-0.39, 0.29) is 17.4 Å². The van der Waals surface area contributed by atoms with Crippen LogP contribution in [0.1, 0.15) is 51.7 Å². The Morgan fingerprint density at radius 1 is 1.43 bits per heavy atom.